The van der Waals surface area contributed by atoms with Crippen LogP contribution in [0.2, 0.25) is 0 Å². The van der Waals surface area contributed by atoms with Crippen molar-refractivity contribution in [1.29, 1.82) is 0 Å². The first-order valence-electron chi connectivity index (χ1n) is 13.3. The van der Waals surface area contributed by atoms with Crippen molar-refractivity contribution in [3.05, 3.63) is 84.4 Å². The lowest BCUT2D eigenvalue weighted by Gasteiger charge is -2.33. The molecule has 0 heterocycles. The van der Waals surface area contributed by atoms with E-state index in [0.717, 1.165) is 9.87 Å². The third-order valence-corrected chi connectivity index (χ3v) is 8.06. The average Bonchev–Trinajstić information content (AvgIpc) is 2.96. The Morgan fingerprint density at radius 2 is 1.60 bits per heavy atom. The summed E-state index contributed by atoms with van der Waals surface area (Å²) in [7, 11) is -2.60. The number of carbonyl (C=O) groups excluding carboxylic acids is 2. The van der Waals surface area contributed by atoms with E-state index < -0.39 is 28.5 Å². The van der Waals surface area contributed by atoms with Crippen LogP contribution in [0.3, 0.4) is 0 Å². The maximum absolute atomic E-state index is 14.0. The fraction of sp³-hybridized carbons (Fsp3) is 0.333. The topological polar surface area (TPSA) is 105 Å². The summed E-state index contributed by atoms with van der Waals surface area (Å²) in [5.41, 5.74) is 1.08. The van der Waals surface area contributed by atoms with Crippen molar-refractivity contribution in [3.63, 3.8) is 0 Å². The van der Waals surface area contributed by atoms with Gasteiger partial charge in [-0.3, -0.25) is 13.9 Å². The van der Waals surface area contributed by atoms with E-state index in [1.807, 2.05) is 19.9 Å². The molecule has 1 N–H and O–H groups in total. The molecular weight excluding hydrogens is 530 g/mol. The second kappa shape index (κ2) is 14.4. The van der Waals surface area contributed by atoms with Crippen LogP contribution < -0.4 is 19.1 Å². The number of amides is 2. The van der Waals surface area contributed by atoms with Gasteiger partial charge in [0.2, 0.25) is 11.8 Å². The van der Waals surface area contributed by atoms with Crippen LogP contribution in [0.4, 0.5) is 5.69 Å². The zero-order valence-corrected chi connectivity index (χ0v) is 24.2. The average molecular weight is 568 g/mol. The molecule has 0 aliphatic rings. The number of nitrogens with zero attached hydrogens (tertiary/aromatic N) is 2. The first-order chi connectivity index (χ1) is 19.2. The Labute approximate surface area is 236 Å². The SMILES string of the molecule is CCNC(=O)C(CC)N(Cc1cccc(OC)c1)C(=O)CN(c1ccccc1)S(=O)(=O)c1ccc(OCC)cc1. The molecule has 0 fully saturated rings. The molecule has 40 heavy (non-hydrogen) atoms. The van der Waals surface area contributed by atoms with Crippen LogP contribution >= 0.6 is 0 Å². The minimum Gasteiger partial charge on any atom is -0.497 e. The van der Waals surface area contributed by atoms with Gasteiger partial charge in [0.1, 0.15) is 24.1 Å². The summed E-state index contributed by atoms with van der Waals surface area (Å²) in [6, 6.07) is 20.9. The minimum atomic E-state index is -4.15. The lowest BCUT2D eigenvalue weighted by atomic mass is 10.1. The highest BCUT2D eigenvalue weighted by molar-refractivity contribution is 7.92. The number of nitrogens with one attached hydrogen (secondary N) is 1. The Balaban J connectivity index is 2.03. The summed E-state index contributed by atoms with van der Waals surface area (Å²) < 4.78 is 39.7. The molecule has 2 amide bonds. The fourth-order valence-electron chi connectivity index (χ4n) is 4.30. The molecule has 3 aromatic carbocycles. The Morgan fingerprint density at radius 1 is 0.900 bits per heavy atom. The van der Waals surface area contributed by atoms with Crippen molar-refractivity contribution in [2.75, 3.05) is 31.1 Å². The number of benzene rings is 3. The molecule has 0 aliphatic heterocycles. The number of methoxy groups -OCH3 is 1. The first kappa shape index (κ1) is 30.5. The third kappa shape index (κ3) is 7.53. The number of ether oxygens (including phenoxy) is 2. The van der Waals surface area contributed by atoms with Gasteiger partial charge >= 0.3 is 0 Å². The van der Waals surface area contributed by atoms with E-state index in [-0.39, 0.29) is 17.3 Å². The molecule has 0 radical (unpaired) electrons. The maximum atomic E-state index is 14.0. The third-order valence-electron chi connectivity index (χ3n) is 6.27. The van der Waals surface area contributed by atoms with Crippen molar-refractivity contribution in [3.8, 4) is 11.5 Å². The zero-order chi connectivity index (χ0) is 29.1. The second-order valence-corrected chi connectivity index (χ2v) is 10.8. The number of para-hydroxylation sites is 1. The largest absolute Gasteiger partial charge is 0.497 e. The van der Waals surface area contributed by atoms with Gasteiger partial charge in [-0.05, 0) is 74.4 Å². The zero-order valence-electron chi connectivity index (χ0n) is 23.4. The number of sulfonamides is 1. The molecule has 0 aliphatic carbocycles. The second-order valence-electron chi connectivity index (χ2n) is 8.94. The number of hydrogen-bond acceptors (Lipinski definition) is 6. The van der Waals surface area contributed by atoms with Crippen LogP contribution in [0.5, 0.6) is 11.5 Å². The predicted molar refractivity (Wildman–Crippen MR) is 155 cm³/mol. The van der Waals surface area contributed by atoms with Crippen molar-refractivity contribution in [2.45, 2.75) is 44.7 Å². The molecule has 9 nitrogen and oxygen atoms in total. The van der Waals surface area contributed by atoms with Gasteiger partial charge in [-0.2, -0.15) is 0 Å². The summed E-state index contributed by atoms with van der Waals surface area (Å²) in [6.07, 6.45) is 0.346. The lowest BCUT2D eigenvalue weighted by Crippen LogP contribution is -2.52. The Hall–Kier alpha value is -4.05. The number of anilines is 1. The highest BCUT2D eigenvalue weighted by Crippen LogP contribution is 2.26. The molecule has 0 spiro atoms. The molecule has 3 rings (SSSR count). The summed E-state index contributed by atoms with van der Waals surface area (Å²) in [5.74, 6) is 0.335. The van der Waals surface area contributed by atoms with Crippen molar-refractivity contribution >= 4 is 27.5 Å². The van der Waals surface area contributed by atoms with E-state index in [4.69, 9.17) is 9.47 Å². The lowest BCUT2D eigenvalue weighted by molar-refractivity contribution is -0.140. The van der Waals surface area contributed by atoms with Gasteiger partial charge in [0, 0.05) is 13.1 Å². The first-order valence-corrected chi connectivity index (χ1v) is 14.7. The molecule has 0 bridgehead atoms. The van der Waals surface area contributed by atoms with E-state index in [1.54, 1.807) is 74.7 Å². The molecule has 0 saturated heterocycles. The number of carbonyl (C=O) groups is 2. The van der Waals surface area contributed by atoms with Crippen molar-refractivity contribution in [1.82, 2.24) is 10.2 Å². The van der Waals surface area contributed by atoms with Gasteiger partial charge in [-0.1, -0.05) is 37.3 Å². The summed E-state index contributed by atoms with van der Waals surface area (Å²) in [5, 5.41) is 2.80. The molecule has 1 atom stereocenters. The van der Waals surface area contributed by atoms with Gasteiger partial charge < -0.3 is 19.7 Å². The van der Waals surface area contributed by atoms with Gasteiger partial charge in [0.05, 0.1) is 24.3 Å². The van der Waals surface area contributed by atoms with E-state index in [0.29, 0.717) is 36.8 Å². The minimum absolute atomic E-state index is 0.0164. The van der Waals surface area contributed by atoms with Crippen LogP contribution in [-0.2, 0) is 26.2 Å². The number of hydrogen-bond donors (Lipinski definition) is 1. The van der Waals surface area contributed by atoms with E-state index in [2.05, 4.69) is 5.32 Å². The van der Waals surface area contributed by atoms with Crippen LogP contribution in [0, 0.1) is 0 Å². The number of rotatable bonds is 14. The Morgan fingerprint density at radius 3 is 2.20 bits per heavy atom. The Bertz CT molecular complexity index is 1360. The van der Waals surface area contributed by atoms with Crippen LogP contribution in [0.15, 0.2) is 83.8 Å². The van der Waals surface area contributed by atoms with Gasteiger partial charge in [0.25, 0.3) is 10.0 Å². The van der Waals surface area contributed by atoms with Gasteiger partial charge in [-0.25, -0.2) is 8.42 Å². The highest BCUT2D eigenvalue weighted by Gasteiger charge is 2.33. The summed E-state index contributed by atoms with van der Waals surface area (Å²) in [6.45, 7) is 5.91. The quantitative estimate of drug-likeness (QED) is 0.313. The van der Waals surface area contributed by atoms with Crippen LogP contribution in [0.1, 0.15) is 32.8 Å². The molecule has 1 unspecified atom stereocenters. The van der Waals surface area contributed by atoms with E-state index >= 15 is 0 Å². The van der Waals surface area contributed by atoms with Gasteiger partial charge in [-0.15, -0.1) is 0 Å². The molecule has 214 valence electrons. The maximum Gasteiger partial charge on any atom is 0.264 e. The molecule has 3 aromatic rings. The number of likely N-dealkylation sites (N-methyl/N-ethyl adjacent to an activating group) is 1. The summed E-state index contributed by atoms with van der Waals surface area (Å²) in [4.78, 5) is 28.5. The van der Waals surface area contributed by atoms with Crippen molar-refractivity contribution in [2.24, 2.45) is 0 Å². The molecule has 0 saturated carbocycles. The van der Waals surface area contributed by atoms with E-state index in [1.165, 1.54) is 17.0 Å². The standard InChI is InChI=1S/C30H37N3O6S/c1-5-28(30(35)31-6-2)32(21-23-12-11-15-26(20-23)38-4)29(34)22-33(24-13-9-8-10-14-24)40(36,37)27-18-16-25(17-19-27)39-7-3/h8-20,28H,5-7,21-22H2,1-4H3,(H,31,35). The monoisotopic (exact) mass is 567 g/mol. The molecular formula is C30H37N3O6S. The predicted octanol–water partition coefficient (Wildman–Crippen LogP) is 4.23. The highest BCUT2D eigenvalue weighted by atomic mass is 32.2. The smallest absolute Gasteiger partial charge is 0.264 e. The van der Waals surface area contributed by atoms with Crippen molar-refractivity contribution < 1.29 is 27.5 Å². The molecule has 10 heteroatoms. The van der Waals surface area contributed by atoms with Crippen LogP contribution in [-0.4, -0.2) is 58.0 Å². The normalized spacial score (nSPS) is 11.8. The fourth-order valence-corrected chi connectivity index (χ4v) is 5.72. The Kier molecular flexibility index (Phi) is 11.0. The van der Waals surface area contributed by atoms with E-state index in [9.17, 15) is 18.0 Å². The van der Waals surface area contributed by atoms with Crippen LogP contribution in [0.25, 0.3) is 0 Å². The summed E-state index contributed by atoms with van der Waals surface area (Å²) >= 11 is 0. The molecule has 0 aromatic heterocycles. The van der Waals surface area contributed by atoms with Gasteiger partial charge in [0.15, 0.2) is 0 Å².